The Hall–Kier alpha value is -1.85. The molecule has 1 saturated heterocycles. The van der Waals surface area contributed by atoms with Gasteiger partial charge in [0.25, 0.3) is 11.8 Å². The lowest BCUT2D eigenvalue weighted by Gasteiger charge is -2.26. The van der Waals surface area contributed by atoms with Crippen LogP contribution in [0.2, 0.25) is 5.02 Å². The third-order valence-electron chi connectivity index (χ3n) is 4.77. The van der Waals surface area contributed by atoms with Crippen molar-refractivity contribution in [3.05, 3.63) is 51.2 Å². The number of likely N-dealkylation sites (tertiary alicyclic amines) is 1. The second-order valence-electron chi connectivity index (χ2n) is 6.37. The molecule has 1 aliphatic heterocycles. The first kappa shape index (κ1) is 18.0. The van der Waals surface area contributed by atoms with Crippen molar-refractivity contribution in [2.45, 2.75) is 32.7 Å². The molecular weight excluding hydrogens is 356 g/mol. The summed E-state index contributed by atoms with van der Waals surface area (Å²) in [4.78, 5) is 27.7. The Morgan fingerprint density at radius 3 is 2.84 bits per heavy atom. The summed E-state index contributed by atoms with van der Waals surface area (Å²) >= 11 is 7.57. The van der Waals surface area contributed by atoms with Crippen molar-refractivity contribution in [3.8, 4) is 0 Å². The van der Waals surface area contributed by atoms with Crippen LogP contribution in [0.1, 0.15) is 46.7 Å². The lowest BCUT2D eigenvalue weighted by atomic mass is 10.0. The normalized spacial score (nSPS) is 19.9. The van der Waals surface area contributed by atoms with Crippen LogP contribution in [0, 0.1) is 5.92 Å². The molecule has 0 bridgehead atoms. The van der Waals surface area contributed by atoms with Gasteiger partial charge in [0.05, 0.1) is 15.6 Å². The summed E-state index contributed by atoms with van der Waals surface area (Å²) in [5.74, 6) is 0.293. The molecule has 1 N–H and O–H groups in total. The van der Waals surface area contributed by atoms with Crippen molar-refractivity contribution < 1.29 is 9.59 Å². The second kappa shape index (κ2) is 7.58. The Labute approximate surface area is 156 Å². The first-order chi connectivity index (χ1) is 12.0. The number of carbonyl (C=O) groups is 2. The average molecular weight is 377 g/mol. The van der Waals surface area contributed by atoms with Gasteiger partial charge in [-0.1, -0.05) is 31.5 Å². The van der Waals surface area contributed by atoms with Crippen LogP contribution in [-0.2, 0) is 0 Å². The topological polar surface area (TPSA) is 49.4 Å². The highest BCUT2D eigenvalue weighted by Crippen LogP contribution is 2.30. The fourth-order valence-electron chi connectivity index (χ4n) is 3.39. The molecule has 1 aromatic carbocycles. The number of halogens is 1. The first-order valence-corrected chi connectivity index (χ1v) is 9.72. The summed E-state index contributed by atoms with van der Waals surface area (Å²) in [5.41, 5.74) is 1.02. The molecule has 0 unspecified atom stereocenters. The second-order valence-corrected chi connectivity index (χ2v) is 7.72. The van der Waals surface area contributed by atoms with Crippen LogP contribution in [0.5, 0.6) is 0 Å². The molecule has 1 aliphatic rings. The zero-order chi connectivity index (χ0) is 18.0. The quantitative estimate of drug-likeness (QED) is 0.823. The van der Waals surface area contributed by atoms with E-state index >= 15 is 0 Å². The van der Waals surface area contributed by atoms with Crippen LogP contribution in [-0.4, -0.2) is 29.3 Å². The van der Waals surface area contributed by atoms with Crippen LogP contribution >= 0.6 is 22.9 Å². The predicted molar refractivity (Wildman–Crippen MR) is 103 cm³/mol. The summed E-state index contributed by atoms with van der Waals surface area (Å²) in [7, 11) is 0. The van der Waals surface area contributed by atoms with Crippen molar-refractivity contribution in [1.82, 2.24) is 4.90 Å². The Morgan fingerprint density at radius 2 is 2.16 bits per heavy atom. The van der Waals surface area contributed by atoms with Crippen molar-refractivity contribution in [2.75, 3.05) is 11.9 Å². The molecule has 0 spiro atoms. The van der Waals surface area contributed by atoms with Crippen molar-refractivity contribution in [2.24, 2.45) is 5.92 Å². The molecule has 2 amide bonds. The Bertz CT molecular complexity index is 776. The van der Waals surface area contributed by atoms with Gasteiger partial charge in [-0.3, -0.25) is 9.59 Å². The SMILES string of the molecule is CC[C@@H]1[C@H](C)CCN1C(=O)c1ccc(Cl)c(NC(=O)c2cccs2)c1. The van der Waals surface area contributed by atoms with Crippen LogP contribution < -0.4 is 5.32 Å². The fraction of sp³-hybridized carbons (Fsp3) is 0.368. The maximum Gasteiger partial charge on any atom is 0.265 e. The summed E-state index contributed by atoms with van der Waals surface area (Å²) < 4.78 is 0. The standard InChI is InChI=1S/C19H21ClN2O2S/c1-3-16-12(2)8-9-22(16)19(24)13-6-7-14(20)15(11-13)21-18(23)17-5-4-10-25-17/h4-7,10-12,16H,3,8-9H2,1-2H3,(H,21,23)/t12-,16-/m1/s1. The van der Waals surface area contributed by atoms with E-state index in [2.05, 4.69) is 19.2 Å². The number of hydrogen-bond acceptors (Lipinski definition) is 3. The van der Waals surface area contributed by atoms with Crippen molar-refractivity contribution >= 4 is 40.4 Å². The Kier molecular flexibility index (Phi) is 5.45. The molecule has 1 aromatic heterocycles. The number of rotatable bonds is 4. The highest BCUT2D eigenvalue weighted by molar-refractivity contribution is 7.12. The van der Waals surface area contributed by atoms with Gasteiger partial charge in [-0.05, 0) is 48.4 Å². The monoisotopic (exact) mass is 376 g/mol. The largest absolute Gasteiger partial charge is 0.335 e. The summed E-state index contributed by atoms with van der Waals surface area (Å²) in [6.45, 7) is 5.08. The molecule has 1 fully saturated rings. The molecular formula is C19H21ClN2O2S. The summed E-state index contributed by atoms with van der Waals surface area (Å²) in [6.07, 6.45) is 1.97. The van der Waals surface area contributed by atoms with Gasteiger partial charge in [-0.25, -0.2) is 0 Å². The van der Waals surface area contributed by atoms with E-state index in [1.54, 1.807) is 24.3 Å². The number of amides is 2. The van der Waals surface area contributed by atoms with E-state index in [0.29, 0.717) is 27.1 Å². The minimum absolute atomic E-state index is 0.000473. The van der Waals surface area contributed by atoms with E-state index in [4.69, 9.17) is 11.6 Å². The molecule has 3 rings (SSSR count). The molecule has 2 aromatic rings. The minimum atomic E-state index is -0.220. The third kappa shape index (κ3) is 3.72. The smallest absolute Gasteiger partial charge is 0.265 e. The Balaban J connectivity index is 1.81. The lowest BCUT2D eigenvalue weighted by molar-refractivity contribution is 0.0718. The number of hydrogen-bond donors (Lipinski definition) is 1. The van der Waals surface area contributed by atoms with Gasteiger partial charge in [0, 0.05) is 18.2 Å². The van der Waals surface area contributed by atoms with Gasteiger partial charge in [0.2, 0.25) is 0 Å². The van der Waals surface area contributed by atoms with E-state index in [1.165, 1.54) is 11.3 Å². The van der Waals surface area contributed by atoms with Crippen LogP contribution in [0.15, 0.2) is 35.7 Å². The van der Waals surface area contributed by atoms with Gasteiger partial charge in [0.15, 0.2) is 0 Å². The fourth-order valence-corrected chi connectivity index (χ4v) is 4.18. The van der Waals surface area contributed by atoms with Crippen LogP contribution in [0.3, 0.4) is 0 Å². The molecule has 0 aliphatic carbocycles. The summed E-state index contributed by atoms with van der Waals surface area (Å²) in [5, 5.41) is 5.06. The average Bonchev–Trinajstić information content (AvgIpc) is 3.25. The van der Waals surface area contributed by atoms with Gasteiger partial charge in [0.1, 0.15) is 0 Å². The number of nitrogens with zero attached hydrogens (tertiary/aromatic N) is 1. The van der Waals surface area contributed by atoms with Gasteiger partial charge in [-0.2, -0.15) is 0 Å². The number of anilines is 1. The highest BCUT2D eigenvalue weighted by atomic mass is 35.5. The zero-order valence-corrected chi connectivity index (χ0v) is 15.9. The zero-order valence-electron chi connectivity index (χ0n) is 14.3. The van der Waals surface area contributed by atoms with E-state index in [-0.39, 0.29) is 17.9 Å². The van der Waals surface area contributed by atoms with E-state index in [0.717, 1.165) is 19.4 Å². The number of thiophene rings is 1. The van der Waals surface area contributed by atoms with Crippen molar-refractivity contribution in [3.63, 3.8) is 0 Å². The number of benzene rings is 1. The van der Waals surface area contributed by atoms with Crippen LogP contribution in [0.4, 0.5) is 5.69 Å². The van der Waals surface area contributed by atoms with E-state index < -0.39 is 0 Å². The molecule has 132 valence electrons. The van der Waals surface area contributed by atoms with E-state index in [1.807, 2.05) is 16.3 Å². The van der Waals surface area contributed by atoms with Gasteiger partial charge >= 0.3 is 0 Å². The molecule has 25 heavy (non-hydrogen) atoms. The van der Waals surface area contributed by atoms with Crippen LogP contribution in [0.25, 0.3) is 0 Å². The van der Waals surface area contributed by atoms with Gasteiger partial charge in [-0.15, -0.1) is 11.3 Å². The molecule has 2 heterocycles. The van der Waals surface area contributed by atoms with Crippen molar-refractivity contribution in [1.29, 1.82) is 0 Å². The third-order valence-corrected chi connectivity index (χ3v) is 5.97. The maximum atomic E-state index is 12.9. The minimum Gasteiger partial charge on any atom is -0.335 e. The molecule has 0 saturated carbocycles. The molecule has 2 atom stereocenters. The number of nitrogens with one attached hydrogen (secondary N) is 1. The summed E-state index contributed by atoms with van der Waals surface area (Å²) in [6, 6.07) is 8.90. The lowest BCUT2D eigenvalue weighted by Crippen LogP contribution is -2.37. The number of carbonyl (C=O) groups excluding carboxylic acids is 2. The maximum absolute atomic E-state index is 12.9. The van der Waals surface area contributed by atoms with Gasteiger partial charge < -0.3 is 10.2 Å². The van der Waals surface area contributed by atoms with E-state index in [9.17, 15) is 9.59 Å². The Morgan fingerprint density at radius 1 is 1.36 bits per heavy atom. The molecule has 4 nitrogen and oxygen atoms in total. The molecule has 6 heteroatoms. The molecule has 0 radical (unpaired) electrons. The predicted octanol–water partition coefficient (Wildman–Crippen LogP) is 4.91. The first-order valence-electron chi connectivity index (χ1n) is 8.46. The highest BCUT2D eigenvalue weighted by Gasteiger charge is 2.33.